The van der Waals surface area contributed by atoms with E-state index in [1.807, 2.05) is 66.7 Å². The first-order valence-electron chi connectivity index (χ1n) is 12.0. The predicted molar refractivity (Wildman–Crippen MR) is 128 cm³/mol. The molecule has 3 aromatic rings. The number of ketones is 1. The van der Waals surface area contributed by atoms with Gasteiger partial charge < -0.3 is 9.47 Å². The molecule has 3 unspecified atom stereocenters. The van der Waals surface area contributed by atoms with Gasteiger partial charge in [-0.2, -0.15) is 0 Å². The second-order valence-corrected chi connectivity index (χ2v) is 9.56. The fraction of sp³-hybridized carbons (Fsp3) is 0.300. The van der Waals surface area contributed by atoms with Crippen LogP contribution in [0.25, 0.3) is 5.76 Å². The molecule has 6 rings (SSSR count). The van der Waals surface area contributed by atoms with Gasteiger partial charge in [-0.25, -0.2) is 0 Å². The average Bonchev–Trinajstić information content (AvgIpc) is 3.11. The number of hydrogen-bond acceptors (Lipinski definition) is 3. The molecule has 1 aliphatic carbocycles. The molecular weight excluding hydrogens is 408 g/mol. The molecule has 0 amide bonds. The largest absolute Gasteiger partial charge is 0.465 e. The predicted octanol–water partition coefficient (Wildman–Crippen LogP) is 6.49. The molecule has 2 fully saturated rings. The van der Waals surface area contributed by atoms with Crippen LogP contribution >= 0.6 is 0 Å². The summed E-state index contributed by atoms with van der Waals surface area (Å²) in [5.41, 5.74) is 1.75. The Morgan fingerprint density at radius 3 is 2.03 bits per heavy atom. The summed E-state index contributed by atoms with van der Waals surface area (Å²) >= 11 is 0. The lowest BCUT2D eigenvalue weighted by Gasteiger charge is -2.45. The first-order valence-corrected chi connectivity index (χ1v) is 12.0. The summed E-state index contributed by atoms with van der Waals surface area (Å²) in [6, 6.07) is 30.8. The standard InChI is InChI=1S/C30H28O3/c31-27-18-10-17-25-19-28-32-26(22-11-4-1-5-12-22)20-29(25,27)21-30(33-28,23-13-6-2-7-14-23)24-15-8-3-9-16-24/h1-9,11-16,20,25,28H,10,17-19,21H2. The molecule has 3 atom stereocenters. The number of allylic oxidation sites excluding steroid dienone is 1. The van der Waals surface area contributed by atoms with Crippen molar-refractivity contribution in [1.82, 2.24) is 0 Å². The van der Waals surface area contributed by atoms with Gasteiger partial charge in [0, 0.05) is 24.8 Å². The van der Waals surface area contributed by atoms with E-state index in [4.69, 9.17) is 9.47 Å². The summed E-state index contributed by atoms with van der Waals surface area (Å²) in [6.45, 7) is 0. The first kappa shape index (κ1) is 20.4. The van der Waals surface area contributed by atoms with Crippen molar-refractivity contribution >= 4 is 11.5 Å². The zero-order valence-corrected chi connectivity index (χ0v) is 18.7. The van der Waals surface area contributed by atoms with Gasteiger partial charge in [0.15, 0.2) is 0 Å². The Bertz CT molecular complexity index is 1130. The topological polar surface area (TPSA) is 35.5 Å². The van der Waals surface area contributed by atoms with E-state index in [0.717, 1.165) is 41.7 Å². The van der Waals surface area contributed by atoms with Crippen molar-refractivity contribution in [1.29, 1.82) is 0 Å². The molecule has 2 aliphatic heterocycles. The molecule has 2 heterocycles. The highest BCUT2D eigenvalue weighted by Crippen LogP contribution is 2.58. The average molecular weight is 437 g/mol. The highest BCUT2D eigenvalue weighted by molar-refractivity contribution is 5.90. The van der Waals surface area contributed by atoms with E-state index < -0.39 is 17.3 Å². The maximum absolute atomic E-state index is 13.9. The van der Waals surface area contributed by atoms with E-state index in [1.165, 1.54) is 0 Å². The molecule has 3 heteroatoms. The second kappa shape index (κ2) is 8.00. The van der Waals surface area contributed by atoms with Gasteiger partial charge in [-0.1, -0.05) is 91.0 Å². The SMILES string of the molecule is O=C1CCCC2CC3OC(c4ccccc4)=CC12CC(c1ccccc1)(c1ccccc1)O3. The van der Waals surface area contributed by atoms with Gasteiger partial charge in [-0.05, 0) is 36.0 Å². The molecule has 3 nitrogen and oxygen atoms in total. The lowest BCUT2D eigenvalue weighted by molar-refractivity contribution is -0.174. The minimum absolute atomic E-state index is 0.208. The smallest absolute Gasteiger partial charge is 0.201 e. The van der Waals surface area contributed by atoms with Crippen molar-refractivity contribution < 1.29 is 14.3 Å². The minimum atomic E-state index is -0.756. The monoisotopic (exact) mass is 436 g/mol. The first-order chi connectivity index (χ1) is 16.2. The van der Waals surface area contributed by atoms with Gasteiger partial charge in [0.25, 0.3) is 0 Å². The maximum atomic E-state index is 13.9. The van der Waals surface area contributed by atoms with Gasteiger partial charge in [-0.3, -0.25) is 4.79 Å². The van der Waals surface area contributed by atoms with Crippen molar-refractivity contribution in [2.75, 3.05) is 0 Å². The Kier molecular flexibility index (Phi) is 4.95. The zero-order valence-electron chi connectivity index (χ0n) is 18.7. The normalized spacial score (nSPS) is 28.1. The number of rotatable bonds is 3. The van der Waals surface area contributed by atoms with E-state index in [0.29, 0.717) is 18.6 Å². The van der Waals surface area contributed by atoms with Crippen LogP contribution in [0, 0.1) is 11.3 Å². The molecule has 0 radical (unpaired) electrons. The lowest BCUT2D eigenvalue weighted by Crippen LogP contribution is -2.46. The quantitative estimate of drug-likeness (QED) is 0.470. The molecule has 0 aromatic heterocycles. The Morgan fingerprint density at radius 2 is 1.39 bits per heavy atom. The van der Waals surface area contributed by atoms with Gasteiger partial charge in [0.05, 0.1) is 5.41 Å². The summed E-state index contributed by atoms with van der Waals surface area (Å²) in [5.74, 6) is 1.30. The number of hydrogen-bond donors (Lipinski definition) is 0. The van der Waals surface area contributed by atoms with E-state index in [2.05, 4.69) is 30.3 Å². The van der Waals surface area contributed by atoms with E-state index in [9.17, 15) is 4.79 Å². The van der Waals surface area contributed by atoms with Crippen LogP contribution in [0.5, 0.6) is 0 Å². The number of fused-ring (bicyclic) bond motifs is 1. The second-order valence-electron chi connectivity index (χ2n) is 9.56. The third-order valence-electron chi connectivity index (χ3n) is 7.74. The highest BCUT2D eigenvalue weighted by Gasteiger charge is 2.58. The van der Waals surface area contributed by atoms with E-state index in [-0.39, 0.29) is 5.92 Å². The summed E-state index contributed by atoms with van der Waals surface area (Å²) in [6.07, 6.45) is 5.62. The molecule has 33 heavy (non-hydrogen) atoms. The number of Topliss-reactive ketones (excluding diaryl/α,β-unsaturated/α-hetero) is 1. The Balaban J connectivity index is 1.60. The highest BCUT2D eigenvalue weighted by atomic mass is 16.7. The van der Waals surface area contributed by atoms with Gasteiger partial charge >= 0.3 is 0 Å². The summed E-state index contributed by atoms with van der Waals surface area (Å²) in [4.78, 5) is 13.9. The van der Waals surface area contributed by atoms with Crippen LogP contribution in [0.4, 0.5) is 0 Å². The van der Waals surface area contributed by atoms with Gasteiger partial charge in [0.1, 0.15) is 17.1 Å². The van der Waals surface area contributed by atoms with Crippen molar-refractivity contribution in [3.05, 3.63) is 114 Å². The van der Waals surface area contributed by atoms with Crippen LogP contribution in [0.1, 0.15) is 48.8 Å². The number of ether oxygens (including phenoxy) is 2. The molecule has 0 spiro atoms. The molecular formula is C30H28O3. The van der Waals surface area contributed by atoms with Crippen LogP contribution < -0.4 is 0 Å². The molecule has 1 saturated heterocycles. The Labute approximate surface area is 195 Å². The summed E-state index contributed by atoms with van der Waals surface area (Å²) in [5, 5.41) is 0. The maximum Gasteiger partial charge on any atom is 0.201 e. The fourth-order valence-electron chi connectivity index (χ4n) is 6.16. The zero-order chi connectivity index (χ0) is 22.3. The molecule has 3 aliphatic rings. The van der Waals surface area contributed by atoms with E-state index in [1.54, 1.807) is 0 Å². The Hall–Kier alpha value is -3.17. The lowest BCUT2D eigenvalue weighted by atomic mass is 9.59. The fourth-order valence-corrected chi connectivity index (χ4v) is 6.16. The number of benzene rings is 3. The number of carbonyl (C=O) groups excluding carboxylic acids is 1. The third kappa shape index (κ3) is 3.34. The van der Waals surface area contributed by atoms with Crippen molar-refractivity contribution in [3.8, 4) is 0 Å². The summed E-state index contributed by atoms with van der Waals surface area (Å²) < 4.78 is 13.6. The molecule has 2 bridgehead atoms. The molecule has 166 valence electrons. The van der Waals surface area contributed by atoms with Crippen molar-refractivity contribution in [2.24, 2.45) is 11.3 Å². The molecule has 3 aromatic carbocycles. The van der Waals surface area contributed by atoms with Crippen molar-refractivity contribution in [3.63, 3.8) is 0 Å². The van der Waals surface area contributed by atoms with Crippen molar-refractivity contribution in [2.45, 2.75) is 44.0 Å². The van der Waals surface area contributed by atoms with Gasteiger partial charge in [-0.15, -0.1) is 0 Å². The Morgan fingerprint density at radius 1 is 0.788 bits per heavy atom. The van der Waals surface area contributed by atoms with Crippen LogP contribution in [0.3, 0.4) is 0 Å². The van der Waals surface area contributed by atoms with Crippen LogP contribution in [-0.4, -0.2) is 12.1 Å². The number of carbonyl (C=O) groups is 1. The molecule has 1 saturated carbocycles. The molecule has 0 N–H and O–H groups in total. The minimum Gasteiger partial charge on any atom is -0.465 e. The summed E-state index contributed by atoms with van der Waals surface area (Å²) in [7, 11) is 0. The van der Waals surface area contributed by atoms with Crippen LogP contribution in [-0.2, 0) is 19.9 Å². The van der Waals surface area contributed by atoms with E-state index >= 15 is 0 Å². The van der Waals surface area contributed by atoms with Gasteiger partial charge in [0.2, 0.25) is 6.29 Å². The van der Waals surface area contributed by atoms with Crippen LogP contribution in [0.15, 0.2) is 97.1 Å². The third-order valence-corrected chi connectivity index (χ3v) is 7.74. The van der Waals surface area contributed by atoms with Crippen LogP contribution in [0.2, 0.25) is 0 Å².